The molecule has 0 spiro atoms. The van der Waals surface area contributed by atoms with E-state index in [1.807, 2.05) is 0 Å². The summed E-state index contributed by atoms with van der Waals surface area (Å²) >= 11 is 0. The number of aromatic nitrogens is 1. The van der Waals surface area contributed by atoms with Crippen molar-refractivity contribution in [1.82, 2.24) is 14.8 Å². The first-order chi connectivity index (χ1) is 15.2. The van der Waals surface area contributed by atoms with Crippen LogP contribution in [-0.2, 0) is 15.7 Å². The van der Waals surface area contributed by atoms with Crippen molar-refractivity contribution in [3.8, 4) is 11.3 Å². The van der Waals surface area contributed by atoms with Gasteiger partial charge in [-0.25, -0.2) is 0 Å². The number of halogens is 3. The average molecular weight is 447 g/mol. The van der Waals surface area contributed by atoms with Crippen molar-refractivity contribution in [2.75, 3.05) is 32.8 Å². The molecule has 1 aromatic heterocycles. The zero-order chi connectivity index (χ0) is 22.9. The van der Waals surface area contributed by atoms with E-state index in [2.05, 4.69) is 4.98 Å². The quantitative estimate of drug-likeness (QED) is 0.722. The van der Waals surface area contributed by atoms with Crippen LogP contribution in [0, 0.1) is 6.92 Å². The number of amides is 2. The lowest BCUT2D eigenvalue weighted by atomic mass is 10.0. The Balaban J connectivity index is 1.41. The molecule has 1 aromatic carbocycles. The molecular formula is C23H24F3N3O3. The molecule has 170 valence electrons. The molecule has 2 amide bonds. The van der Waals surface area contributed by atoms with E-state index in [-0.39, 0.29) is 29.3 Å². The van der Waals surface area contributed by atoms with Gasteiger partial charge in [0.25, 0.3) is 11.8 Å². The molecule has 2 saturated heterocycles. The maximum Gasteiger partial charge on any atom is 0.416 e. The van der Waals surface area contributed by atoms with Gasteiger partial charge in [-0.1, -0.05) is 12.1 Å². The summed E-state index contributed by atoms with van der Waals surface area (Å²) in [5, 5.41) is 0. The third kappa shape index (κ3) is 4.77. The largest absolute Gasteiger partial charge is 0.416 e. The number of hydrogen-bond acceptors (Lipinski definition) is 4. The van der Waals surface area contributed by atoms with E-state index in [0.717, 1.165) is 25.0 Å². The second-order valence-electron chi connectivity index (χ2n) is 8.08. The molecule has 2 aliphatic rings. The third-order valence-corrected chi connectivity index (χ3v) is 5.79. The van der Waals surface area contributed by atoms with Crippen LogP contribution in [0.5, 0.6) is 0 Å². The van der Waals surface area contributed by atoms with Crippen LogP contribution < -0.4 is 0 Å². The second-order valence-corrected chi connectivity index (χ2v) is 8.08. The Morgan fingerprint density at radius 2 is 1.69 bits per heavy atom. The van der Waals surface area contributed by atoms with Gasteiger partial charge in [0.05, 0.1) is 11.3 Å². The summed E-state index contributed by atoms with van der Waals surface area (Å²) in [7, 11) is 0. The number of carbonyl (C=O) groups is 2. The normalized spacial score (nSPS) is 19.3. The van der Waals surface area contributed by atoms with Crippen molar-refractivity contribution >= 4 is 11.8 Å². The number of pyridine rings is 1. The van der Waals surface area contributed by atoms with Gasteiger partial charge in [0.15, 0.2) is 0 Å². The number of rotatable bonds is 3. The molecule has 0 saturated carbocycles. The summed E-state index contributed by atoms with van der Waals surface area (Å²) < 4.78 is 44.7. The number of benzene rings is 1. The third-order valence-electron chi connectivity index (χ3n) is 5.79. The number of ether oxygens (including phenoxy) is 1. The predicted octanol–water partition coefficient (Wildman–Crippen LogP) is 3.54. The van der Waals surface area contributed by atoms with Crippen LogP contribution in [-0.4, -0.2) is 65.5 Å². The van der Waals surface area contributed by atoms with Gasteiger partial charge in [0, 0.05) is 49.6 Å². The number of carbonyl (C=O) groups excluding carboxylic acids is 2. The van der Waals surface area contributed by atoms with Crippen molar-refractivity contribution in [3.05, 3.63) is 53.2 Å². The predicted molar refractivity (Wildman–Crippen MR) is 111 cm³/mol. The second kappa shape index (κ2) is 8.90. The van der Waals surface area contributed by atoms with Crippen LogP contribution in [0.4, 0.5) is 13.2 Å². The molecule has 32 heavy (non-hydrogen) atoms. The summed E-state index contributed by atoms with van der Waals surface area (Å²) in [5.74, 6) is -0.184. The molecule has 0 radical (unpaired) electrons. The monoisotopic (exact) mass is 447 g/mol. The molecule has 0 aliphatic carbocycles. The van der Waals surface area contributed by atoms with E-state index >= 15 is 0 Å². The number of nitrogens with zero attached hydrogens (tertiary/aromatic N) is 3. The van der Waals surface area contributed by atoms with E-state index in [9.17, 15) is 22.8 Å². The first-order valence-electron chi connectivity index (χ1n) is 10.6. The summed E-state index contributed by atoms with van der Waals surface area (Å²) in [4.78, 5) is 32.9. The lowest BCUT2D eigenvalue weighted by molar-refractivity contribution is -0.142. The zero-order valence-corrected chi connectivity index (χ0v) is 17.7. The van der Waals surface area contributed by atoms with Gasteiger partial charge in [0.2, 0.25) is 0 Å². The Morgan fingerprint density at radius 1 is 1.03 bits per heavy atom. The molecule has 0 bridgehead atoms. The van der Waals surface area contributed by atoms with Crippen LogP contribution in [0.25, 0.3) is 11.3 Å². The summed E-state index contributed by atoms with van der Waals surface area (Å²) in [6.07, 6.45) is -3.19. The van der Waals surface area contributed by atoms with Gasteiger partial charge >= 0.3 is 6.18 Å². The molecule has 2 aromatic rings. The minimum absolute atomic E-state index is 0.0113. The zero-order valence-electron chi connectivity index (χ0n) is 17.7. The molecule has 2 aliphatic heterocycles. The molecule has 1 atom stereocenters. The van der Waals surface area contributed by atoms with E-state index in [0.29, 0.717) is 43.9 Å². The average Bonchev–Trinajstić information content (AvgIpc) is 3.32. The highest BCUT2D eigenvalue weighted by Crippen LogP contribution is 2.32. The lowest BCUT2D eigenvalue weighted by Gasteiger charge is -2.35. The van der Waals surface area contributed by atoms with Crippen molar-refractivity contribution in [2.45, 2.75) is 32.0 Å². The SMILES string of the molecule is Cc1cc(C(F)(F)F)cc(-c2ccc(C(=O)N3CCN(C(=O)C4CCCO4)CC3)cc2)n1. The molecule has 4 rings (SSSR count). The lowest BCUT2D eigenvalue weighted by Crippen LogP contribution is -2.52. The highest BCUT2D eigenvalue weighted by molar-refractivity contribution is 5.95. The van der Waals surface area contributed by atoms with Crippen LogP contribution in [0.2, 0.25) is 0 Å². The van der Waals surface area contributed by atoms with Gasteiger partial charge in [-0.15, -0.1) is 0 Å². The van der Waals surface area contributed by atoms with Gasteiger partial charge in [0.1, 0.15) is 6.10 Å². The molecule has 9 heteroatoms. The highest BCUT2D eigenvalue weighted by Gasteiger charge is 2.32. The van der Waals surface area contributed by atoms with Crippen molar-refractivity contribution in [3.63, 3.8) is 0 Å². The summed E-state index contributed by atoms with van der Waals surface area (Å²) in [5.41, 5.74) is 0.664. The highest BCUT2D eigenvalue weighted by atomic mass is 19.4. The fourth-order valence-corrected chi connectivity index (χ4v) is 4.05. The van der Waals surface area contributed by atoms with Crippen molar-refractivity contribution < 1.29 is 27.5 Å². The fraction of sp³-hybridized carbons (Fsp3) is 0.435. The number of piperazine rings is 1. The van der Waals surface area contributed by atoms with Crippen molar-refractivity contribution in [1.29, 1.82) is 0 Å². The van der Waals surface area contributed by atoms with Crippen LogP contribution in [0.1, 0.15) is 34.5 Å². The fourth-order valence-electron chi connectivity index (χ4n) is 4.05. The van der Waals surface area contributed by atoms with E-state index in [1.165, 1.54) is 6.92 Å². The molecule has 2 fully saturated rings. The first kappa shape index (κ1) is 22.3. The number of aryl methyl sites for hydroxylation is 1. The molecule has 6 nitrogen and oxygen atoms in total. The Hall–Kier alpha value is -2.94. The maximum atomic E-state index is 13.1. The Morgan fingerprint density at radius 3 is 2.28 bits per heavy atom. The van der Waals surface area contributed by atoms with E-state index in [1.54, 1.807) is 34.1 Å². The van der Waals surface area contributed by atoms with Gasteiger partial charge in [-0.2, -0.15) is 13.2 Å². The smallest absolute Gasteiger partial charge is 0.368 e. The summed E-state index contributed by atoms with van der Waals surface area (Å²) in [6, 6.07) is 8.41. The van der Waals surface area contributed by atoms with Crippen LogP contribution in [0.15, 0.2) is 36.4 Å². The van der Waals surface area contributed by atoms with Gasteiger partial charge < -0.3 is 14.5 Å². The standard InChI is InChI=1S/C23H24F3N3O3/c1-15-13-18(23(24,25)26)14-19(27-15)16-4-6-17(7-5-16)21(30)28-8-10-29(11-9-28)22(31)20-3-2-12-32-20/h4-7,13-14,20H,2-3,8-12H2,1H3. The van der Waals surface area contributed by atoms with Crippen molar-refractivity contribution in [2.24, 2.45) is 0 Å². The van der Waals surface area contributed by atoms with Gasteiger partial charge in [-0.3, -0.25) is 14.6 Å². The summed E-state index contributed by atoms with van der Waals surface area (Å²) in [6.45, 7) is 3.88. The Bertz CT molecular complexity index is 994. The Kier molecular flexibility index (Phi) is 6.19. The maximum absolute atomic E-state index is 13.1. The van der Waals surface area contributed by atoms with Gasteiger partial charge in [-0.05, 0) is 44.0 Å². The topological polar surface area (TPSA) is 62.7 Å². The first-order valence-corrected chi connectivity index (χ1v) is 10.6. The van der Waals surface area contributed by atoms with Crippen LogP contribution >= 0.6 is 0 Å². The number of hydrogen-bond donors (Lipinski definition) is 0. The molecule has 1 unspecified atom stereocenters. The molecular weight excluding hydrogens is 423 g/mol. The Labute approximate surface area is 184 Å². The van der Waals surface area contributed by atoms with E-state index in [4.69, 9.17) is 4.74 Å². The molecule has 0 N–H and O–H groups in total. The number of alkyl halides is 3. The molecule has 3 heterocycles. The minimum Gasteiger partial charge on any atom is -0.368 e. The minimum atomic E-state index is -4.45. The van der Waals surface area contributed by atoms with Crippen LogP contribution in [0.3, 0.4) is 0 Å². The van der Waals surface area contributed by atoms with E-state index < -0.39 is 11.7 Å².